The van der Waals surface area contributed by atoms with Gasteiger partial charge >= 0.3 is 36.4 Å². The summed E-state index contributed by atoms with van der Waals surface area (Å²) < 4.78 is 75.8. The Kier molecular flexibility index (Phi) is 29.7. The summed E-state index contributed by atoms with van der Waals surface area (Å²) in [7, 11) is 1.54. The van der Waals surface area contributed by atoms with Crippen LogP contribution in [0.2, 0.25) is 0 Å². The molecule has 0 aromatic heterocycles. The van der Waals surface area contributed by atoms with E-state index < -0.39 is 80.4 Å². The summed E-state index contributed by atoms with van der Waals surface area (Å²) in [6.45, 7) is 3.80. The van der Waals surface area contributed by atoms with Crippen LogP contribution < -0.4 is 14.2 Å². The molecule has 9 rings (SSSR count). The molecule has 7 N–H and O–H groups in total. The second kappa shape index (κ2) is 37.5. The molecular formula is C70H96F2O23. The Morgan fingerprint density at radius 3 is 1.09 bits per heavy atom. The van der Waals surface area contributed by atoms with Crippen LogP contribution in [0.4, 0.5) is 23.2 Å². The van der Waals surface area contributed by atoms with Crippen LogP contribution in [0.1, 0.15) is 131 Å². The quantitative estimate of drug-likeness (QED) is 0.0179. The van der Waals surface area contributed by atoms with E-state index in [0.717, 1.165) is 85.6 Å². The van der Waals surface area contributed by atoms with Crippen molar-refractivity contribution in [2.45, 2.75) is 179 Å². The summed E-state index contributed by atoms with van der Waals surface area (Å²) in [4.78, 5) is 67.7. The van der Waals surface area contributed by atoms with Crippen molar-refractivity contribution in [1.29, 1.82) is 0 Å². The minimum Gasteiger partial charge on any atom is -0.482 e. The lowest BCUT2D eigenvalue weighted by Crippen LogP contribution is -2.29. The van der Waals surface area contributed by atoms with Crippen LogP contribution in [0.5, 0.6) is 17.2 Å². The van der Waals surface area contributed by atoms with Crippen molar-refractivity contribution in [3.8, 4) is 17.2 Å². The van der Waals surface area contributed by atoms with E-state index in [1.807, 2.05) is 57.2 Å². The third kappa shape index (κ3) is 22.0. The Hall–Kier alpha value is -7.06. The molecule has 0 unspecified atom stereocenters. The third-order valence-corrected chi connectivity index (χ3v) is 19.9. The number of ether oxygens (including phenoxy) is 10. The maximum Gasteiger partial charge on any atom is 0.508 e. The fourth-order valence-corrected chi connectivity index (χ4v) is 15.4. The van der Waals surface area contributed by atoms with Gasteiger partial charge in [-0.1, -0.05) is 57.2 Å². The molecule has 0 radical (unpaired) electrons. The average Bonchev–Trinajstić information content (AvgIpc) is 1.70. The van der Waals surface area contributed by atoms with E-state index in [1.54, 1.807) is 6.07 Å². The first-order chi connectivity index (χ1) is 45.6. The highest BCUT2D eigenvalue weighted by molar-refractivity contribution is 5.69. The zero-order chi connectivity index (χ0) is 68.7. The zero-order valence-corrected chi connectivity index (χ0v) is 54.7. The van der Waals surface area contributed by atoms with Gasteiger partial charge in [-0.25, -0.2) is 37.5 Å². The number of carbonyl (C=O) groups is 6. The van der Waals surface area contributed by atoms with Gasteiger partial charge in [-0.3, -0.25) is 0 Å². The SMILES string of the molecule is CC[C@@H](CC[C@@H]1[C@H]2Cc3cccc(OCC(=O)O)c3C[C@H]2C[C@H]1O)OC(=O)OCC(F)F.CC[C@@H](CC[C@@H]1[C@H]2Cc3cccc(OCC(=O)O)c3C[C@H]2C[C@H]1O)OC(=O)OCCO.CC[C@@H](CC[C@@H]1[C@H]2Cc3cccc(OCC(=O)O)c3C[C@H]2C[C@H]1O)OC(=O)OCCOC. The van der Waals surface area contributed by atoms with Crippen molar-refractivity contribution in [3.05, 3.63) is 88.0 Å². The monoisotopic (exact) mass is 1340 g/mol. The van der Waals surface area contributed by atoms with Gasteiger partial charge in [0.15, 0.2) is 26.4 Å². The fourth-order valence-electron chi connectivity index (χ4n) is 15.4. The molecule has 0 amide bonds. The number of aliphatic carboxylic acids is 3. The lowest BCUT2D eigenvalue weighted by Gasteiger charge is -2.32. The largest absolute Gasteiger partial charge is 0.508 e. The van der Waals surface area contributed by atoms with Gasteiger partial charge in [0.1, 0.15) is 48.8 Å². The molecule has 3 saturated carbocycles. The Labute approximate surface area is 552 Å². The predicted molar refractivity (Wildman–Crippen MR) is 336 cm³/mol. The van der Waals surface area contributed by atoms with Crippen molar-refractivity contribution in [1.82, 2.24) is 0 Å². The Balaban J connectivity index is 0.000000201. The van der Waals surface area contributed by atoms with E-state index in [1.165, 1.54) is 12.7 Å². The maximum absolute atomic E-state index is 12.2. The molecule has 25 heteroatoms. The number of methoxy groups -OCH3 is 1. The lowest BCUT2D eigenvalue weighted by atomic mass is 9.73. The highest BCUT2D eigenvalue weighted by Gasteiger charge is 2.48. The van der Waals surface area contributed by atoms with Crippen molar-refractivity contribution < 1.29 is 121 Å². The molecule has 0 saturated heterocycles. The molecule has 3 fully saturated rings. The van der Waals surface area contributed by atoms with Crippen molar-refractivity contribution in [2.75, 3.05) is 60.0 Å². The fraction of sp³-hybridized carbons (Fsp3) is 0.657. The lowest BCUT2D eigenvalue weighted by molar-refractivity contribution is -0.140. The summed E-state index contributed by atoms with van der Waals surface area (Å²) >= 11 is 0. The summed E-state index contributed by atoms with van der Waals surface area (Å²) in [5.74, 6) is 0.941. The van der Waals surface area contributed by atoms with Crippen molar-refractivity contribution in [3.63, 3.8) is 0 Å². The summed E-state index contributed by atoms with van der Waals surface area (Å²) in [5.41, 5.74) is 6.56. The van der Waals surface area contributed by atoms with E-state index in [4.69, 9.17) is 63.1 Å². The van der Waals surface area contributed by atoms with Gasteiger partial charge in [0.05, 0.1) is 31.5 Å². The van der Waals surface area contributed by atoms with Gasteiger partial charge in [0.2, 0.25) is 0 Å². The number of hydrogen-bond acceptors (Lipinski definition) is 20. The number of aliphatic hydroxyl groups is 4. The molecule has 6 aliphatic carbocycles. The Bertz CT molecular complexity index is 2960. The third-order valence-electron chi connectivity index (χ3n) is 19.9. The van der Waals surface area contributed by atoms with Gasteiger partial charge in [0, 0.05) is 7.11 Å². The van der Waals surface area contributed by atoms with Crippen LogP contribution >= 0.6 is 0 Å². The van der Waals surface area contributed by atoms with Crippen LogP contribution in [0.3, 0.4) is 0 Å². The molecule has 3 aromatic carbocycles. The molecule has 0 spiro atoms. The first-order valence-electron chi connectivity index (χ1n) is 33.4. The smallest absolute Gasteiger partial charge is 0.482 e. The van der Waals surface area contributed by atoms with Gasteiger partial charge in [0.25, 0.3) is 6.43 Å². The van der Waals surface area contributed by atoms with Crippen molar-refractivity contribution >= 4 is 36.4 Å². The van der Waals surface area contributed by atoms with Gasteiger partial charge in [-0.15, -0.1) is 0 Å². The average molecular weight is 1340 g/mol. The molecule has 95 heavy (non-hydrogen) atoms. The molecule has 6 aliphatic rings. The highest BCUT2D eigenvalue weighted by atomic mass is 19.3. The summed E-state index contributed by atoms with van der Waals surface area (Å²) in [6, 6.07) is 17.2. The van der Waals surface area contributed by atoms with Gasteiger partial charge < -0.3 is 83.1 Å². The standard InChI is InChI=1S/C24H34O8.C23H30F2O7.C23H32O8/c1-3-17(32-24(28)30-10-9-29-2)7-8-18-19-11-15-5-4-6-22(31-14-23(26)27)20(15)12-16(19)13-21(18)25;1-2-15(32-23(29)31-11-21(24)25)6-7-16-17-8-13-4-3-5-20(30-12-22(27)28)18(13)9-14(17)10-19(16)26;1-2-16(31-23(28)29-9-8-24)6-7-17-18-10-14-4-3-5-21(30-13-22(26)27)19(14)11-15(18)12-20(17)25/h4-6,16-19,21,25H,3,7-14H2,1-2H3,(H,26,27);3-5,14-17,19,21,26H,2,6-12H2,1H3,(H,27,28);3-5,15-18,20,24-25H,2,6-13H2,1H3,(H,26,27)/t16-,17-,18+,19-,21+;14-,15-,16+,17-,19+;15-,16-,17+,18-,20+/m000/s1. The molecule has 23 nitrogen and oxygen atoms in total. The van der Waals surface area contributed by atoms with E-state index in [-0.39, 0.29) is 74.8 Å². The normalized spacial score (nSPS) is 25.0. The van der Waals surface area contributed by atoms with Crippen LogP contribution in [-0.4, -0.2) is 175 Å². The zero-order valence-electron chi connectivity index (χ0n) is 54.7. The van der Waals surface area contributed by atoms with E-state index >= 15 is 0 Å². The predicted octanol–water partition coefficient (Wildman–Crippen LogP) is 9.63. The van der Waals surface area contributed by atoms with Crippen LogP contribution in [0.15, 0.2) is 54.6 Å². The molecule has 0 aliphatic heterocycles. The number of hydrogen-bond donors (Lipinski definition) is 7. The summed E-state index contributed by atoms with van der Waals surface area (Å²) in [5, 5.41) is 67.8. The van der Waals surface area contributed by atoms with E-state index in [9.17, 15) is 52.9 Å². The number of benzene rings is 3. The number of rotatable bonds is 31. The van der Waals surface area contributed by atoms with Crippen LogP contribution in [0, 0.1) is 53.3 Å². The maximum atomic E-state index is 12.2. The molecule has 15 atom stereocenters. The number of fused-ring (bicyclic) bond motifs is 6. The number of aliphatic hydroxyl groups excluding tert-OH is 4. The first kappa shape index (κ1) is 75.3. The number of carbonyl (C=O) groups excluding carboxylic acids is 3. The number of carboxylic acids is 3. The second-order valence-corrected chi connectivity index (χ2v) is 25.7. The molecule has 0 bridgehead atoms. The first-order valence-corrected chi connectivity index (χ1v) is 33.4. The number of alkyl halides is 2. The van der Waals surface area contributed by atoms with Crippen LogP contribution in [-0.2, 0) is 86.1 Å². The van der Waals surface area contributed by atoms with Gasteiger partial charge in [-0.2, -0.15) is 0 Å². The molecule has 528 valence electrons. The topological polar surface area (TPSA) is 336 Å². The molecule has 3 aromatic rings. The molecular weight excluding hydrogens is 1250 g/mol. The summed E-state index contributed by atoms with van der Waals surface area (Å²) in [6.07, 6.45) is 5.06. The number of halogens is 2. The van der Waals surface area contributed by atoms with E-state index in [2.05, 4.69) is 16.9 Å². The molecule has 0 heterocycles. The minimum atomic E-state index is -2.74. The van der Waals surface area contributed by atoms with Gasteiger partial charge in [-0.05, 0) is 220 Å². The minimum absolute atomic E-state index is 0.0338. The van der Waals surface area contributed by atoms with E-state index in [0.29, 0.717) is 105 Å². The second-order valence-electron chi connectivity index (χ2n) is 25.7. The Morgan fingerprint density at radius 2 is 0.800 bits per heavy atom. The number of carboxylic acid groups (broad SMARTS) is 3. The highest BCUT2D eigenvalue weighted by Crippen LogP contribution is 2.52. The Morgan fingerprint density at radius 1 is 0.474 bits per heavy atom. The van der Waals surface area contributed by atoms with Crippen LogP contribution in [0.25, 0.3) is 0 Å². The van der Waals surface area contributed by atoms with Crippen molar-refractivity contribution in [2.24, 2.45) is 53.3 Å².